The molecular weight excluding hydrogens is 1130 g/mol. The minimum absolute atomic E-state index is 0. The predicted molar refractivity (Wildman–Crippen MR) is 312 cm³/mol. The van der Waals surface area contributed by atoms with E-state index in [-0.39, 0.29) is 104 Å². The zero-order valence-electron chi connectivity index (χ0n) is 46.6. The van der Waals surface area contributed by atoms with Crippen molar-refractivity contribution in [1.29, 1.82) is 0 Å². The number of fused-ring (bicyclic) bond motifs is 2. The normalized spacial score (nSPS) is 22.4. The number of likely N-dealkylation sites (N-methyl/N-ethyl adjacent to an activating group) is 1. The highest BCUT2D eigenvalue weighted by Crippen LogP contribution is 2.43. The SMILES string of the molecule is CN[C@@H](C)C(=O)N[C@H](C(=O)N1Cc2ccc(NC(=O)CNC(=O)C3(C)CN(C(=O)CN4C[C@@H](C)NC[C@@H]4CN4CCOC[C@H]4C)c4cc(Cc5ccc(F)cc5)ccc43)cc2[C@H]1C(=O)Nc1c(F)cccc1F)C1CCOCC1.Cl.Cl.Cl. The first kappa shape index (κ1) is 65.3. The van der Waals surface area contributed by atoms with Gasteiger partial charge in [-0.1, -0.05) is 36.4 Å². The molecule has 3 fully saturated rings. The van der Waals surface area contributed by atoms with Crippen molar-refractivity contribution in [3.8, 4) is 0 Å². The third kappa shape index (κ3) is 14.7. The molecule has 5 aliphatic rings. The van der Waals surface area contributed by atoms with Gasteiger partial charge in [0.05, 0.1) is 37.8 Å². The Kier molecular flexibility index (Phi) is 22.8. The molecule has 24 heteroatoms. The molecule has 7 atom stereocenters. The van der Waals surface area contributed by atoms with E-state index in [9.17, 15) is 33.2 Å². The fourth-order valence-electron chi connectivity index (χ4n) is 11.5. The summed E-state index contributed by atoms with van der Waals surface area (Å²) in [5.74, 6) is -6.05. The first-order valence-electron chi connectivity index (χ1n) is 27.2. The Bertz CT molecular complexity index is 2930. The van der Waals surface area contributed by atoms with Crippen LogP contribution in [0.15, 0.2) is 78.9 Å². The number of nitrogens with one attached hydrogen (secondary N) is 6. The standard InChI is InChI=1S/C58H71F3N10O8.3ClH/c1-34-28-69(43(26-63-34)30-68-19-22-79-32-35(68)2)31-50(73)71-33-58(4,45-16-11-38(24-48(45)71)23-37-9-13-41(59)14-10-37)57(77)64-27-49(72)65-42-15-12-40-29-70(53(44(40)25-42)55(75)67-52-46(60)7-6-8-47(52)61)56(76)51(39-17-20-78-21-18-39)66-54(74)36(3)62-5;;;/h6-16,24-25,34-36,39,43,51,53,62-63H,17-23,26-33H2,1-5H3,(H,64,77)(H,65,72)(H,66,74)(H,67,75);3*1H/t34-,35-,36+,43-,51+,53+,58?;;;/m1.../s1. The Balaban J connectivity index is 0.00000360. The summed E-state index contributed by atoms with van der Waals surface area (Å²) < 4.78 is 55.2. The number of hydrogen-bond acceptors (Lipinski definition) is 12. The van der Waals surface area contributed by atoms with E-state index >= 15 is 8.78 Å². The van der Waals surface area contributed by atoms with E-state index in [0.29, 0.717) is 75.6 Å². The maximum absolute atomic E-state index is 15.0. The molecule has 18 nitrogen and oxygen atoms in total. The Morgan fingerprint density at radius 1 is 0.841 bits per heavy atom. The lowest BCUT2D eigenvalue weighted by Crippen LogP contribution is -2.62. The molecule has 5 aliphatic heterocycles. The number of halogens is 6. The summed E-state index contributed by atoms with van der Waals surface area (Å²) in [4.78, 5) is 93.3. The van der Waals surface area contributed by atoms with Crippen molar-refractivity contribution in [2.45, 2.75) is 95.2 Å². The number of piperazine rings is 1. The Morgan fingerprint density at radius 3 is 2.24 bits per heavy atom. The number of ether oxygens (including phenoxy) is 2. The molecule has 0 radical (unpaired) electrons. The number of amides is 6. The molecule has 6 amide bonds. The monoisotopic (exact) mass is 1200 g/mol. The van der Waals surface area contributed by atoms with Crippen molar-refractivity contribution in [2.24, 2.45) is 5.92 Å². The largest absolute Gasteiger partial charge is 0.381 e. The maximum atomic E-state index is 15.0. The van der Waals surface area contributed by atoms with Gasteiger partial charge in [-0.2, -0.15) is 0 Å². The van der Waals surface area contributed by atoms with Crippen molar-refractivity contribution in [3.05, 3.63) is 124 Å². The molecule has 82 heavy (non-hydrogen) atoms. The quantitative estimate of drug-likeness (QED) is 0.0804. The van der Waals surface area contributed by atoms with Gasteiger partial charge >= 0.3 is 0 Å². The second kappa shape index (κ2) is 28.6. The van der Waals surface area contributed by atoms with E-state index in [1.807, 2.05) is 18.2 Å². The summed E-state index contributed by atoms with van der Waals surface area (Å²) in [5, 5.41) is 17.3. The molecule has 0 spiro atoms. The third-order valence-corrected chi connectivity index (χ3v) is 16.2. The van der Waals surface area contributed by atoms with Gasteiger partial charge in [0.15, 0.2) is 0 Å². The van der Waals surface area contributed by atoms with E-state index in [1.165, 1.54) is 23.1 Å². The van der Waals surface area contributed by atoms with Gasteiger partial charge in [-0.25, -0.2) is 13.2 Å². The maximum Gasteiger partial charge on any atom is 0.252 e. The van der Waals surface area contributed by atoms with Gasteiger partial charge in [0.2, 0.25) is 29.5 Å². The molecule has 4 aromatic rings. The minimum atomic E-state index is -1.46. The van der Waals surface area contributed by atoms with E-state index in [4.69, 9.17) is 9.47 Å². The highest BCUT2D eigenvalue weighted by atomic mass is 35.5. The molecule has 0 aromatic heterocycles. The number of para-hydroxylation sites is 1. The number of carbonyl (C=O) groups is 6. The van der Waals surface area contributed by atoms with Crippen LogP contribution < -0.4 is 36.8 Å². The van der Waals surface area contributed by atoms with Crippen LogP contribution in [0.2, 0.25) is 0 Å². The van der Waals surface area contributed by atoms with Gasteiger partial charge in [-0.05, 0) is 130 Å². The van der Waals surface area contributed by atoms with Gasteiger partial charge in [0.25, 0.3) is 5.91 Å². The second-order valence-electron chi connectivity index (χ2n) is 21.8. The van der Waals surface area contributed by atoms with Crippen molar-refractivity contribution >= 4 is 89.7 Å². The predicted octanol–water partition coefficient (Wildman–Crippen LogP) is 5.24. The molecular formula is C58H74Cl3F3N10O8. The zero-order valence-corrected chi connectivity index (χ0v) is 49.0. The number of anilines is 3. The molecule has 9 rings (SSSR count). The van der Waals surface area contributed by atoms with Crippen molar-refractivity contribution < 1.29 is 51.4 Å². The number of morpholine rings is 1. The van der Waals surface area contributed by atoms with E-state index in [0.717, 1.165) is 42.4 Å². The molecule has 446 valence electrons. The molecule has 0 bridgehead atoms. The van der Waals surface area contributed by atoms with Gasteiger partial charge < -0.3 is 51.2 Å². The fourth-order valence-corrected chi connectivity index (χ4v) is 11.5. The van der Waals surface area contributed by atoms with Crippen LogP contribution in [0.3, 0.4) is 0 Å². The van der Waals surface area contributed by atoms with Gasteiger partial charge in [-0.3, -0.25) is 38.6 Å². The highest BCUT2D eigenvalue weighted by molar-refractivity contribution is 6.05. The lowest BCUT2D eigenvalue weighted by atomic mass is 9.83. The molecule has 1 unspecified atom stereocenters. The molecule has 5 heterocycles. The van der Waals surface area contributed by atoms with Crippen LogP contribution in [0.1, 0.15) is 74.4 Å². The van der Waals surface area contributed by atoms with Crippen molar-refractivity contribution in [2.75, 3.05) is 94.8 Å². The van der Waals surface area contributed by atoms with Crippen LogP contribution in [0.25, 0.3) is 0 Å². The van der Waals surface area contributed by atoms with Gasteiger partial charge in [0.1, 0.15) is 35.2 Å². The summed E-state index contributed by atoms with van der Waals surface area (Å²) in [5.41, 5.74) is 1.86. The molecule has 4 aromatic carbocycles. The Hall–Kier alpha value is -5.88. The summed E-state index contributed by atoms with van der Waals surface area (Å²) in [6.07, 6.45) is 1.35. The van der Waals surface area contributed by atoms with Crippen LogP contribution in [-0.2, 0) is 56.6 Å². The number of carbonyl (C=O) groups excluding carboxylic acids is 6. The highest BCUT2D eigenvalue weighted by Gasteiger charge is 2.48. The first-order valence-corrected chi connectivity index (χ1v) is 27.2. The summed E-state index contributed by atoms with van der Waals surface area (Å²) in [6.45, 7) is 12.0. The van der Waals surface area contributed by atoms with Gasteiger partial charge in [-0.15, -0.1) is 37.2 Å². The van der Waals surface area contributed by atoms with Crippen molar-refractivity contribution in [1.82, 2.24) is 36.0 Å². The summed E-state index contributed by atoms with van der Waals surface area (Å²) >= 11 is 0. The Morgan fingerprint density at radius 2 is 1.55 bits per heavy atom. The average Bonchev–Trinajstić information content (AvgIpc) is 4.13. The molecule has 3 saturated heterocycles. The second-order valence-corrected chi connectivity index (χ2v) is 21.8. The zero-order chi connectivity index (χ0) is 56.1. The smallest absolute Gasteiger partial charge is 0.252 e. The van der Waals surface area contributed by atoms with Crippen molar-refractivity contribution in [3.63, 3.8) is 0 Å². The third-order valence-electron chi connectivity index (χ3n) is 16.2. The van der Waals surface area contributed by atoms with Gasteiger partial charge in [0, 0.05) is 82.0 Å². The molecule has 0 aliphatic carbocycles. The molecule has 6 N–H and O–H groups in total. The lowest BCUT2D eigenvalue weighted by molar-refractivity contribution is -0.144. The summed E-state index contributed by atoms with van der Waals surface area (Å²) in [7, 11) is 1.61. The van der Waals surface area contributed by atoms with Crippen LogP contribution in [0.4, 0.5) is 30.2 Å². The van der Waals surface area contributed by atoms with Crippen LogP contribution in [0, 0.1) is 23.4 Å². The number of hydrogen-bond donors (Lipinski definition) is 6. The number of benzene rings is 4. The number of nitrogens with zero attached hydrogens (tertiary/aromatic N) is 4. The van der Waals surface area contributed by atoms with E-state index < -0.39 is 76.9 Å². The summed E-state index contributed by atoms with van der Waals surface area (Å²) in [6, 6.07) is 16.9. The Labute approximate surface area is 494 Å². The average molecular weight is 1200 g/mol. The van der Waals surface area contributed by atoms with E-state index in [1.54, 1.807) is 50.1 Å². The molecule has 0 saturated carbocycles. The first-order chi connectivity index (χ1) is 37.9. The fraction of sp³-hybridized carbons (Fsp3) is 0.483. The van der Waals surface area contributed by atoms with E-state index in [2.05, 4.69) is 55.5 Å². The van der Waals surface area contributed by atoms with Crippen LogP contribution in [0.5, 0.6) is 0 Å². The minimum Gasteiger partial charge on any atom is -0.381 e. The van der Waals surface area contributed by atoms with Crippen LogP contribution >= 0.6 is 37.2 Å². The lowest BCUT2D eigenvalue weighted by Gasteiger charge is -2.43. The number of rotatable bonds is 17. The van der Waals surface area contributed by atoms with Crippen LogP contribution in [-0.4, -0.2) is 160 Å². The topological polar surface area (TPSA) is 206 Å².